The zero-order chi connectivity index (χ0) is 21.8. The fraction of sp³-hybridized carbons (Fsp3) is 0.522. The van der Waals surface area contributed by atoms with Crippen molar-refractivity contribution < 1.29 is 23.5 Å². The zero-order valence-corrected chi connectivity index (χ0v) is 17.8. The summed E-state index contributed by atoms with van der Waals surface area (Å²) in [7, 11) is 0. The van der Waals surface area contributed by atoms with Crippen molar-refractivity contribution in [2.75, 3.05) is 26.2 Å². The first-order valence-corrected chi connectivity index (χ1v) is 10.5. The molecule has 30 heavy (non-hydrogen) atoms. The number of amides is 2. The molecule has 1 saturated heterocycles. The Morgan fingerprint density at radius 1 is 1.23 bits per heavy atom. The van der Waals surface area contributed by atoms with Gasteiger partial charge in [0.15, 0.2) is 0 Å². The highest BCUT2D eigenvalue weighted by Crippen LogP contribution is 2.37. The number of carbonyl (C=O) groups excluding carboxylic acids is 3. The normalized spacial score (nSPS) is 20.5. The second-order valence-electron chi connectivity index (χ2n) is 8.07. The smallest absolute Gasteiger partial charge is 0.336 e. The van der Waals surface area contributed by atoms with Gasteiger partial charge in [-0.3, -0.25) is 9.59 Å². The van der Waals surface area contributed by atoms with Gasteiger partial charge in [-0.1, -0.05) is 19.1 Å². The first-order chi connectivity index (χ1) is 14.3. The summed E-state index contributed by atoms with van der Waals surface area (Å²) in [5.41, 5.74) is 1.25. The molecule has 6 nitrogen and oxygen atoms in total. The van der Waals surface area contributed by atoms with Crippen LogP contribution in [0.4, 0.5) is 4.39 Å². The molecule has 0 N–H and O–H groups in total. The van der Waals surface area contributed by atoms with E-state index in [1.807, 2.05) is 0 Å². The van der Waals surface area contributed by atoms with E-state index in [1.54, 1.807) is 30.9 Å². The zero-order valence-electron chi connectivity index (χ0n) is 17.8. The van der Waals surface area contributed by atoms with E-state index in [0.29, 0.717) is 35.8 Å². The molecule has 1 aromatic carbocycles. The molecule has 3 rings (SSSR count). The molecule has 0 saturated carbocycles. The number of likely N-dealkylation sites (tertiary alicyclic amines) is 1. The first kappa shape index (κ1) is 22.0. The number of hydrogen-bond acceptors (Lipinski definition) is 4. The topological polar surface area (TPSA) is 66.9 Å². The molecule has 1 aromatic rings. The number of nitrogens with zero attached hydrogens (tertiary/aromatic N) is 2. The van der Waals surface area contributed by atoms with E-state index in [1.165, 1.54) is 17.0 Å². The van der Waals surface area contributed by atoms with Crippen LogP contribution in [0.5, 0.6) is 0 Å². The van der Waals surface area contributed by atoms with Crippen molar-refractivity contribution in [3.05, 3.63) is 46.9 Å². The summed E-state index contributed by atoms with van der Waals surface area (Å²) in [5.74, 6) is -1.36. The lowest BCUT2D eigenvalue weighted by Gasteiger charge is -2.36. The maximum atomic E-state index is 13.8. The van der Waals surface area contributed by atoms with Crippen molar-refractivity contribution in [3.8, 4) is 0 Å². The fourth-order valence-corrected chi connectivity index (χ4v) is 4.18. The van der Waals surface area contributed by atoms with E-state index in [-0.39, 0.29) is 31.4 Å². The predicted molar refractivity (Wildman–Crippen MR) is 110 cm³/mol. The summed E-state index contributed by atoms with van der Waals surface area (Å²) in [6.45, 7) is 6.98. The number of piperidine rings is 1. The highest BCUT2D eigenvalue weighted by Gasteiger charge is 2.38. The number of halogens is 1. The van der Waals surface area contributed by atoms with Gasteiger partial charge in [-0.15, -0.1) is 0 Å². The van der Waals surface area contributed by atoms with Crippen LogP contribution in [0.25, 0.3) is 0 Å². The molecule has 0 bridgehead atoms. The summed E-state index contributed by atoms with van der Waals surface area (Å²) in [5, 5.41) is 0. The molecule has 2 amide bonds. The standard InChI is InChI=1S/C23H29FN2O4/c1-4-30-23(29)22-16(3)26(14-21(28)25-10-8-15(2)9-11-25)20(27)13-19(22)17-6-5-7-18(24)12-17/h5-7,12,15,19H,4,8-11,13-14H2,1-3H3. The van der Waals surface area contributed by atoms with Gasteiger partial charge >= 0.3 is 5.97 Å². The van der Waals surface area contributed by atoms with Crippen LogP contribution < -0.4 is 0 Å². The Labute approximate surface area is 176 Å². The lowest BCUT2D eigenvalue weighted by Crippen LogP contribution is -2.47. The molecule has 0 radical (unpaired) electrons. The van der Waals surface area contributed by atoms with Gasteiger partial charge in [-0.05, 0) is 50.3 Å². The van der Waals surface area contributed by atoms with E-state index in [9.17, 15) is 18.8 Å². The summed E-state index contributed by atoms with van der Waals surface area (Å²) in [4.78, 5) is 41.7. The highest BCUT2D eigenvalue weighted by molar-refractivity contribution is 5.97. The monoisotopic (exact) mass is 416 g/mol. The Morgan fingerprint density at radius 2 is 1.93 bits per heavy atom. The van der Waals surface area contributed by atoms with Gasteiger partial charge in [0, 0.05) is 31.1 Å². The van der Waals surface area contributed by atoms with Crippen LogP contribution in [0.1, 0.15) is 51.5 Å². The average Bonchev–Trinajstić information content (AvgIpc) is 2.71. The van der Waals surface area contributed by atoms with Crippen LogP contribution in [0, 0.1) is 11.7 Å². The van der Waals surface area contributed by atoms with E-state index < -0.39 is 17.7 Å². The minimum atomic E-state index is -0.602. The summed E-state index contributed by atoms with van der Waals surface area (Å²) < 4.78 is 19.0. The van der Waals surface area contributed by atoms with Crippen LogP contribution >= 0.6 is 0 Å². The molecule has 1 fully saturated rings. The number of rotatable bonds is 5. The fourth-order valence-electron chi connectivity index (χ4n) is 4.18. The number of ether oxygens (including phenoxy) is 1. The number of benzene rings is 1. The van der Waals surface area contributed by atoms with E-state index in [0.717, 1.165) is 12.8 Å². The Bertz CT molecular complexity index is 859. The molecule has 162 valence electrons. The Kier molecular flexibility index (Phi) is 6.90. The van der Waals surface area contributed by atoms with E-state index >= 15 is 0 Å². The maximum Gasteiger partial charge on any atom is 0.336 e. The third-order valence-electron chi connectivity index (χ3n) is 6.00. The molecule has 1 unspecified atom stereocenters. The third-order valence-corrected chi connectivity index (χ3v) is 6.00. The Hall–Kier alpha value is -2.70. The quantitative estimate of drug-likeness (QED) is 0.691. The van der Waals surface area contributed by atoms with Crippen molar-refractivity contribution in [1.29, 1.82) is 0 Å². The van der Waals surface area contributed by atoms with Crippen LogP contribution in [-0.2, 0) is 19.1 Å². The van der Waals surface area contributed by atoms with Gasteiger partial charge in [0.05, 0.1) is 12.2 Å². The molecule has 0 aromatic heterocycles. The Morgan fingerprint density at radius 3 is 2.57 bits per heavy atom. The summed E-state index contributed by atoms with van der Waals surface area (Å²) in [6, 6.07) is 5.91. The van der Waals surface area contributed by atoms with Gasteiger partial charge in [-0.2, -0.15) is 0 Å². The summed E-state index contributed by atoms with van der Waals surface area (Å²) >= 11 is 0. The predicted octanol–water partition coefficient (Wildman–Crippen LogP) is 3.24. The van der Waals surface area contributed by atoms with Crippen molar-refractivity contribution in [3.63, 3.8) is 0 Å². The minimum Gasteiger partial charge on any atom is -0.463 e. The van der Waals surface area contributed by atoms with Crippen molar-refractivity contribution in [2.45, 2.75) is 46.0 Å². The summed E-state index contributed by atoms with van der Waals surface area (Å²) in [6.07, 6.45) is 1.88. The molecule has 2 aliphatic rings. The largest absolute Gasteiger partial charge is 0.463 e. The van der Waals surface area contributed by atoms with Crippen LogP contribution in [0.15, 0.2) is 35.5 Å². The van der Waals surface area contributed by atoms with Gasteiger partial charge < -0.3 is 14.5 Å². The number of hydrogen-bond donors (Lipinski definition) is 0. The van der Waals surface area contributed by atoms with Crippen molar-refractivity contribution >= 4 is 17.8 Å². The number of esters is 1. The molecular formula is C23H29FN2O4. The third kappa shape index (κ3) is 4.71. The molecule has 0 spiro atoms. The molecule has 1 atom stereocenters. The molecule has 2 aliphatic heterocycles. The average molecular weight is 416 g/mol. The molecular weight excluding hydrogens is 387 g/mol. The lowest BCUT2D eigenvalue weighted by atomic mass is 9.83. The van der Waals surface area contributed by atoms with Crippen molar-refractivity contribution in [1.82, 2.24) is 9.80 Å². The lowest BCUT2D eigenvalue weighted by molar-refractivity contribution is -0.143. The number of carbonyl (C=O) groups is 3. The van der Waals surface area contributed by atoms with Crippen molar-refractivity contribution in [2.24, 2.45) is 5.92 Å². The SMILES string of the molecule is CCOC(=O)C1=C(C)N(CC(=O)N2CCC(C)CC2)C(=O)CC1c1cccc(F)c1. The second-order valence-corrected chi connectivity index (χ2v) is 8.07. The Balaban J connectivity index is 1.90. The molecule has 7 heteroatoms. The van der Waals surface area contributed by atoms with Gasteiger partial charge in [0.2, 0.25) is 11.8 Å². The molecule has 2 heterocycles. The molecule has 0 aliphatic carbocycles. The minimum absolute atomic E-state index is 0.0146. The van der Waals surface area contributed by atoms with Gasteiger partial charge in [0.25, 0.3) is 0 Å². The van der Waals surface area contributed by atoms with Crippen LogP contribution in [0.3, 0.4) is 0 Å². The second kappa shape index (κ2) is 9.41. The number of allylic oxidation sites excluding steroid dienone is 1. The van der Waals surface area contributed by atoms with Gasteiger partial charge in [0.1, 0.15) is 12.4 Å². The maximum absolute atomic E-state index is 13.8. The van der Waals surface area contributed by atoms with Gasteiger partial charge in [-0.25, -0.2) is 9.18 Å². The van der Waals surface area contributed by atoms with E-state index in [2.05, 4.69) is 6.92 Å². The van der Waals surface area contributed by atoms with E-state index in [4.69, 9.17) is 4.74 Å². The first-order valence-electron chi connectivity index (χ1n) is 10.5. The van der Waals surface area contributed by atoms with Crippen LogP contribution in [0.2, 0.25) is 0 Å². The van der Waals surface area contributed by atoms with Crippen LogP contribution in [-0.4, -0.2) is 53.8 Å². The highest BCUT2D eigenvalue weighted by atomic mass is 19.1.